The van der Waals surface area contributed by atoms with Gasteiger partial charge in [0.25, 0.3) is 0 Å². The van der Waals surface area contributed by atoms with E-state index in [-0.39, 0.29) is 0 Å². The number of rotatable bonds is 7. The Balaban J connectivity index is 2.15. The summed E-state index contributed by atoms with van der Waals surface area (Å²) in [5.74, 6) is 1.84. The molecule has 0 aliphatic heterocycles. The lowest BCUT2D eigenvalue weighted by molar-refractivity contribution is 0.502. The fourth-order valence-corrected chi connectivity index (χ4v) is 2.19. The van der Waals surface area contributed by atoms with Crippen LogP contribution in [0, 0.1) is 0 Å². The van der Waals surface area contributed by atoms with Gasteiger partial charge in [-0.3, -0.25) is 0 Å². The van der Waals surface area contributed by atoms with Crippen LogP contribution in [0.3, 0.4) is 0 Å². The second-order valence-electron chi connectivity index (χ2n) is 5.23. The Bertz CT molecular complexity index is 555. The van der Waals surface area contributed by atoms with E-state index in [2.05, 4.69) is 36.0 Å². The van der Waals surface area contributed by atoms with Gasteiger partial charge in [-0.05, 0) is 31.2 Å². The Morgan fingerprint density at radius 2 is 2.14 bits per heavy atom. The van der Waals surface area contributed by atoms with Crippen molar-refractivity contribution >= 4 is 17.4 Å². The van der Waals surface area contributed by atoms with Crippen LogP contribution in [0.15, 0.2) is 34.9 Å². The molecule has 4 nitrogen and oxygen atoms in total. The summed E-state index contributed by atoms with van der Waals surface area (Å²) in [5, 5.41) is 4.04. The van der Waals surface area contributed by atoms with E-state index >= 15 is 0 Å². The number of halogens is 1. The van der Waals surface area contributed by atoms with Crippen LogP contribution in [-0.2, 0) is 13.1 Å². The molecule has 0 saturated carbocycles. The standard InChI is InChI=1S/C16H22ClN3O/c1-4-20(11-13-6-5-9-21-13)16-8-7-14(17)15(19-16)10-18-12(2)3/h5-9,12,18H,4,10-11H2,1-3H3. The Hall–Kier alpha value is -1.52. The first kappa shape index (κ1) is 15.9. The van der Waals surface area contributed by atoms with Crippen molar-refractivity contribution in [1.82, 2.24) is 10.3 Å². The molecule has 2 aromatic heterocycles. The Morgan fingerprint density at radius 1 is 1.33 bits per heavy atom. The summed E-state index contributed by atoms with van der Waals surface area (Å²) >= 11 is 6.23. The van der Waals surface area contributed by atoms with Crippen LogP contribution in [0.1, 0.15) is 32.2 Å². The van der Waals surface area contributed by atoms with Crippen LogP contribution in [0.5, 0.6) is 0 Å². The molecule has 0 atom stereocenters. The molecule has 114 valence electrons. The number of pyridine rings is 1. The maximum absolute atomic E-state index is 6.23. The molecule has 0 saturated heterocycles. The molecule has 1 N–H and O–H groups in total. The molecule has 0 aliphatic carbocycles. The average Bonchev–Trinajstić information content (AvgIpc) is 2.97. The van der Waals surface area contributed by atoms with Gasteiger partial charge in [-0.15, -0.1) is 0 Å². The number of aromatic nitrogens is 1. The summed E-state index contributed by atoms with van der Waals surface area (Å²) in [4.78, 5) is 6.85. The first-order valence-corrected chi connectivity index (χ1v) is 7.64. The number of nitrogens with zero attached hydrogens (tertiary/aromatic N) is 2. The van der Waals surface area contributed by atoms with Gasteiger partial charge in [-0.1, -0.05) is 25.4 Å². The van der Waals surface area contributed by atoms with Gasteiger partial charge in [0.1, 0.15) is 11.6 Å². The maximum atomic E-state index is 6.23. The molecular weight excluding hydrogens is 286 g/mol. The lowest BCUT2D eigenvalue weighted by atomic mass is 10.3. The molecule has 2 rings (SSSR count). The minimum absolute atomic E-state index is 0.400. The van der Waals surface area contributed by atoms with E-state index in [0.717, 1.165) is 23.8 Å². The third-order valence-corrected chi connectivity index (χ3v) is 3.56. The number of hydrogen-bond acceptors (Lipinski definition) is 4. The third kappa shape index (κ3) is 4.48. The lowest BCUT2D eigenvalue weighted by Crippen LogP contribution is -2.25. The second kappa shape index (κ2) is 7.48. The Labute approximate surface area is 131 Å². The average molecular weight is 308 g/mol. The summed E-state index contributed by atoms with van der Waals surface area (Å²) in [7, 11) is 0. The Morgan fingerprint density at radius 3 is 2.76 bits per heavy atom. The summed E-state index contributed by atoms with van der Waals surface area (Å²) in [6.07, 6.45) is 1.69. The highest BCUT2D eigenvalue weighted by molar-refractivity contribution is 6.31. The predicted octanol–water partition coefficient (Wildman–Crippen LogP) is 3.85. The zero-order valence-corrected chi connectivity index (χ0v) is 13.5. The maximum Gasteiger partial charge on any atom is 0.129 e. The van der Waals surface area contributed by atoms with Gasteiger partial charge >= 0.3 is 0 Å². The third-order valence-electron chi connectivity index (χ3n) is 3.21. The van der Waals surface area contributed by atoms with Crippen molar-refractivity contribution in [3.05, 3.63) is 47.0 Å². The van der Waals surface area contributed by atoms with Crippen molar-refractivity contribution in [3.63, 3.8) is 0 Å². The first-order valence-electron chi connectivity index (χ1n) is 7.26. The molecule has 5 heteroatoms. The van der Waals surface area contributed by atoms with E-state index in [4.69, 9.17) is 16.0 Å². The van der Waals surface area contributed by atoms with Crippen LogP contribution < -0.4 is 10.2 Å². The number of nitrogens with one attached hydrogen (secondary N) is 1. The first-order chi connectivity index (χ1) is 10.1. The highest BCUT2D eigenvalue weighted by atomic mass is 35.5. The quantitative estimate of drug-likeness (QED) is 0.843. The molecule has 0 aromatic carbocycles. The highest BCUT2D eigenvalue weighted by Crippen LogP contribution is 2.21. The zero-order valence-electron chi connectivity index (χ0n) is 12.8. The van der Waals surface area contributed by atoms with Crippen molar-refractivity contribution in [3.8, 4) is 0 Å². The molecule has 0 aliphatic rings. The molecule has 2 aromatic rings. The van der Waals surface area contributed by atoms with Gasteiger partial charge in [0.2, 0.25) is 0 Å². The van der Waals surface area contributed by atoms with Crippen LogP contribution in [0.2, 0.25) is 5.02 Å². The van der Waals surface area contributed by atoms with Gasteiger partial charge in [-0.2, -0.15) is 0 Å². The lowest BCUT2D eigenvalue weighted by Gasteiger charge is -2.22. The molecule has 2 heterocycles. The number of anilines is 1. The molecular formula is C16H22ClN3O. The van der Waals surface area contributed by atoms with E-state index in [0.29, 0.717) is 24.2 Å². The van der Waals surface area contributed by atoms with Crippen LogP contribution in [-0.4, -0.2) is 17.6 Å². The van der Waals surface area contributed by atoms with Crippen LogP contribution in [0.4, 0.5) is 5.82 Å². The van der Waals surface area contributed by atoms with Crippen molar-refractivity contribution in [2.45, 2.75) is 39.9 Å². The van der Waals surface area contributed by atoms with Crippen molar-refractivity contribution < 1.29 is 4.42 Å². The van der Waals surface area contributed by atoms with Gasteiger partial charge in [0.15, 0.2) is 0 Å². The van der Waals surface area contributed by atoms with E-state index in [1.807, 2.05) is 24.3 Å². The predicted molar refractivity (Wildman–Crippen MR) is 86.7 cm³/mol. The van der Waals surface area contributed by atoms with Crippen molar-refractivity contribution in [2.75, 3.05) is 11.4 Å². The fourth-order valence-electron chi connectivity index (χ4n) is 2.02. The van der Waals surface area contributed by atoms with E-state index in [9.17, 15) is 0 Å². The fraction of sp³-hybridized carbons (Fsp3) is 0.438. The molecule has 0 fully saturated rings. The normalized spacial score (nSPS) is 11.1. The molecule has 0 amide bonds. The second-order valence-corrected chi connectivity index (χ2v) is 5.63. The van der Waals surface area contributed by atoms with E-state index in [1.165, 1.54) is 0 Å². The van der Waals surface area contributed by atoms with Gasteiger partial charge in [-0.25, -0.2) is 4.98 Å². The zero-order chi connectivity index (χ0) is 15.2. The summed E-state index contributed by atoms with van der Waals surface area (Å²) < 4.78 is 5.41. The van der Waals surface area contributed by atoms with Crippen molar-refractivity contribution in [2.24, 2.45) is 0 Å². The van der Waals surface area contributed by atoms with Crippen molar-refractivity contribution in [1.29, 1.82) is 0 Å². The highest BCUT2D eigenvalue weighted by Gasteiger charge is 2.11. The monoisotopic (exact) mass is 307 g/mol. The molecule has 21 heavy (non-hydrogen) atoms. The minimum Gasteiger partial charge on any atom is -0.467 e. The van der Waals surface area contributed by atoms with E-state index < -0.39 is 0 Å². The number of hydrogen-bond donors (Lipinski definition) is 1. The minimum atomic E-state index is 0.400. The van der Waals surface area contributed by atoms with Crippen LogP contribution >= 0.6 is 11.6 Å². The van der Waals surface area contributed by atoms with Gasteiger partial charge < -0.3 is 14.6 Å². The topological polar surface area (TPSA) is 41.3 Å². The van der Waals surface area contributed by atoms with Crippen LogP contribution in [0.25, 0.3) is 0 Å². The molecule has 0 bridgehead atoms. The number of furan rings is 1. The summed E-state index contributed by atoms with van der Waals surface area (Å²) in [6, 6.07) is 8.13. The van der Waals surface area contributed by atoms with Gasteiger partial charge in [0.05, 0.1) is 23.5 Å². The molecule has 0 unspecified atom stereocenters. The summed E-state index contributed by atoms with van der Waals surface area (Å²) in [6.45, 7) is 8.54. The van der Waals surface area contributed by atoms with Gasteiger partial charge in [0, 0.05) is 19.1 Å². The van der Waals surface area contributed by atoms with E-state index in [1.54, 1.807) is 6.26 Å². The molecule has 0 radical (unpaired) electrons. The summed E-state index contributed by atoms with van der Waals surface area (Å²) in [5.41, 5.74) is 0.876. The smallest absolute Gasteiger partial charge is 0.129 e. The Kier molecular flexibility index (Phi) is 5.65. The molecule has 0 spiro atoms. The SMILES string of the molecule is CCN(Cc1ccco1)c1ccc(Cl)c(CNC(C)C)n1. The largest absolute Gasteiger partial charge is 0.467 e.